The van der Waals surface area contributed by atoms with Crippen LogP contribution in [0.4, 0.5) is 0 Å². The lowest BCUT2D eigenvalue weighted by atomic mass is 9.63. The van der Waals surface area contributed by atoms with Crippen LogP contribution in [0.25, 0.3) is 61.0 Å². The molecule has 0 N–H and O–H groups in total. The van der Waals surface area contributed by atoms with Gasteiger partial charge in [0.1, 0.15) is 25.3 Å². The zero-order chi connectivity index (χ0) is 49.6. The number of allylic oxidation sites excluding steroid dienone is 33. The SMILES string of the molecule is C1=CC2=CC=C3C=C(C4=C(C5=CC6=CC=C7CC=CC8=C7C6C(=C5)C=C8)C5=C(c6ccc7ccccc7c6)c6cc(-c7ncncn7)c(-c7ncncn7)cc6C5=C4c4ccc5ccccc5c4)C=C4C=CC(=C1)C2C34. The third-order valence-electron chi connectivity index (χ3n) is 17.1. The first-order chi connectivity index (χ1) is 37.7. The number of hydrogen-bond acceptors (Lipinski definition) is 6. The van der Waals surface area contributed by atoms with E-state index in [1.165, 1.54) is 111 Å². The first-order valence-corrected chi connectivity index (χ1v) is 26.2. The summed E-state index contributed by atoms with van der Waals surface area (Å²) in [5, 5.41) is 4.76. The monoisotopic (exact) mass is 966 g/mol. The molecular weight excluding hydrogens is 925 g/mol. The van der Waals surface area contributed by atoms with Crippen molar-refractivity contribution in [2.45, 2.75) is 6.42 Å². The van der Waals surface area contributed by atoms with Crippen molar-refractivity contribution in [3.05, 3.63) is 326 Å². The maximum Gasteiger partial charge on any atom is 0.163 e. The van der Waals surface area contributed by atoms with E-state index in [9.17, 15) is 0 Å². The number of fused-ring (bicyclic) bond motifs is 5. The zero-order valence-electron chi connectivity index (χ0n) is 41.0. The van der Waals surface area contributed by atoms with Gasteiger partial charge in [-0.2, -0.15) is 0 Å². The topological polar surface area (TPSA) is 77.3 Å². The standard InChI is InChI=1S/C70H42N6/c1-3-9-45-27-51(21-15-39(45)7-1)63-55-33-57(69-73-35-71-36-74-69)58(70-75-37-72-38-76-70)34-56(55)67-64(52-22-16-40-8-2-4-10-46(40)28-52)65(53-29-47-23-17-41-11-5-12-42-18-24-48(30-53)61(47)59(41)42)66(68(63)67)54-31-49-25-19-43-13-6-14-44-20-26-50(32-54)62(49)60(43)44/h1-13,15-38,59,61-62H,14H2. The van der Waals surface area contributed by atoms with Crippen LogP contribution in [0.5, 0.6) is 0 Å². The van der Waals surface area contributed by atoms with Crippen molar-refractivity contribution in [1.29, 1.82) is 0 Å². The lowest BCUT2D eigenvalue weighted by molar-refractivity contribution is 0.563. The van der Waals surface area contributed by atoms with Crippen LogP contribution in [0.15, 0.2) is 304 Å². The van der Waals surface area contributed by atoms with E-state index in [0.29, 0.717) is 17.6 Å². The van der Waals surface area contributed by atoms with Gasteiger partial charge in [-0.1, -0.05) is 176 Å². The van der Waals surface area contributed by atoms with E-state index in [4.69, 9.17) is 19.9 Å². The molecule has 0 saturated heterocycles. The molecule has 0 radical (unpaired) electrons. The number of nitrogens with zero attached hydrogens (tertiary/aromatic N) is 6. The van der Waals surface area contributed by atoms with Gasteiger partial charge in [0.05, 0.1) is 0 Å². The number of aromatic nitrogens is 6. The zero-order valence-corrected chi connectivity index (χ0v) is 41.0. The van der Waals surface area contributed by atoms with Gasteiger partial charge in [-0.25, -0.2) is 29.9 Å². The van der Waals surface area contributed by atoms with Gasteiger partial charge >= 0.3 is 0 Å². The van der Waals surface area contributed by atoms with Crippen LogP contribution >= 0.6 is 0 Å². The molecule has 0 amide bonds. The lowest BCUT2D eigenvalue weighted by Gasteiger charge is -2.40. The Bertz CT molecular complexity index is 4500. The van der Waals surface area contributed by atoms with Crippen LogP contribution in [0.3, 0.4) is 0 Å². The molecule has 76 heavy (non-hydrogen) atoms. The van der Waals surface area contributed by atoms with E-state index < -0.39 is 0 Å². The summed E-state index contributed by atoms with van der Waals surface area (Å²) in [6, 6.07) is 36.0. The Balaban J connectivity index is 1.03. The number of rotatable bonds is 6. The Hall–Kier alpha value is -9.78. The maximum absolute atomic E-state index is 4.80. The molecule has 7 aromatic rings. The molecule has 6 nitrogen and oxygen atoms in total. The van der Waals surface area contributed by atoms with Crippen LogP contribution in [-0.2, 0) is 0 Å². The minimum Gasteiger partial charge on any atom is -0.225 e. The highest BCUT2D eigenvalue weighted by molar-refractivity contribution is 6.24. The van der Waals surface area contributed by atoms with Crippen LogP contribution < -0.4 is 0 Å². The van der Waals surface area contributed by atoms with Crippen molar-refractivity contribution in [2.24, 2.45) is 17.8 Å². The molecule has 3 unspecified atom stereocenters. The second-order valence-electron chi connectivity index (χ2n) is 21.0. The summed E-state index contributed by atoms with van der Waals surface area (Å²) < 4.78 is 0. The quantitative estimate of drug-likeness (QED) is 0.165. The van der Waals surface area contributed by atoms with Crippen molar-refractivity contribution < 1.29 is 0 Å². The van der Waals surface area contributed by atoms with Gasteiger partial charge < -0.3 is 0 Å². The molecule has 0 saturated carbocycles. The summed E-state index contributed by atoms with van der Waals surface area (Å²) >= 11 is 0. The van der Waals surface area contributed by atoms with E-state index in [1.807, 2.05) is 0 Å². The Morgan fingerprint density at radius 3 is 1.67 bits per heavy atom. The third-order valence-corrected chi connectivity index (χ3v) is 17.1. The van der Waals surface area contributed by atoms with E-state index in [2.05, 4.69) is 210 Å². The van der Waals surface area contributed by atoms with Crippen LogP contribution in [-0.4, -0.2) is 29.9 Å². The Morgan fingerprint density at radius 1 is 0.382 bits per heavy atom. The first-order valence-electron chi connectivity index (χ1n) is 26.2. The first kappa shape index (κ1) is 41.7. The summed E-state index contributed by atoms with van der Waals surface area (Å²) in [7, 11) is 0. The average Bonchev–Trinajstić information content (AvgIpc) is 4.02. The maximum atomic E-state index is 4.80. The van der Waals surface area contributed by atoms with Crippen LogP contribution in [0, 0.1) is 17.8 Å². The molecule has 2 aromatic heterocycles. The second-order valence-corrected chi connectivity index (χ2v) is 21.0. The van der Waals surface area contributed by atoms with Crippen molar-refractivity contribution in [1.82, 2.24) is 29.9 Å². The summed E-state index contributed by atoms with van der Waals surface area (Å²) in [5.41, 5.74) is 27.9. The second kappa shape index (κ2) is 15.9. The predicted molar refractivity (Wildman–Crippen MR) is 303 cm³/mol. The highest BCUT2D eigenvalue weighted by Crippen LogP contribution is 2.63. The molecule has 17 rings (SSSR count). The largest absolute Gasteiger partial charge is 0.225 e. The average molecular weight is 967 g/mol. The molecule has 3 atom stereocenters. The third kappa shape index (κ3) is 6.04. The predicted octanol–water partition coefficient (Wildman–Crippen LogP) is 14.9. The molecule has 6 heteroatoms. The fourth-order valence-electron chi connectivity index (χ4n) is 13.9. The summed E-state index contributed by atoms with van der Waals surface area (Å²) in [6.45, 7) is 0. The Kier molecular flexibility index (Phi) is 8.70. The van der Waals surface area contributed by atoms with E-state index >= 15 is 0 Å². The van der Waals surface area contributed by atoms with Gasteiger partial charge in [-0.15, -0.1) is 0 Å². The van der Waals surface area contributed by atoms with Crippen molar-refractivity contribution in [3.8, 4) is 22.8 Å². The minimum atomic E-state index is 0.177. The molecular formula is C70H42N6. The van der Waals surface area contributed by atoms with E-state index in [-0.39, 0.29) is 11.8 Å². The van der Waals surface area contributed by atoms with E-state index in [0.717, 1.165) is 45.4 Å². The van der Waals surface area contributed by atoms with Crippen molar-refractivity contribution in [3.63, 3.8) is 0 Å². The Labute approximate surface area is 438 Å². The van der Waals surface area contributed by atoms with Crippen molar-refractivity contribution in [2.75, 3.05) is 0 Å². The molecule has 2 heterocycles. The highest BCUT2D eigenvalue weighted by Gasteiger charge is 2.45. The summed E-state index contributed by atoms with van der Waals surface area (Å²) in [6.07, 6.45) is 47.6. The van der Waals surface area contributed by atoms with E-state index in [1.54, 1.807) is 25.3 Å². The molecule has 10 aliphatic rings. The molecule has 5 aromatic carbocycles. The highest BCUT2D eigenvalue weighted by atomic mass is 15.0. The molecule has 10 aliphatic carbocycles. The van der Waals surface area contributed by atoms with Gasteiger partial charge in [-0.3, -0.25) is 0 Å². The molecule has 0 bridgehead atoms. The van der Waals surface area contributed by atoms with Crippen LogP contribution in [0.1, 0.15) is 28.7 Å². The molecule has 352 valence electrons. The number of hydrogen-bond donors (Lipinski definition) is 0. The van der Waals surface area contributed by atoms with Gasteiger partial charge in [0.2, 0.25) is 0 Å². The van der Waals surface area contributed by atoms with Crippen molar-refractivity contribution >= 4 is 38.3 Å². The molecule has 0 spiro atoms. The molecule has 0 aliphatic heterocycles. The Morgan fingerprint density at radius 2 is 0.947 bits per heavy atom. The van der Waals surface area contributed by atoms with Gasteiger partial charge in [0, 0.05) is 28.9 Å². The normalized spacial score (nSPS) is 21.8. The lowest BCUT2D eigenvalue weighted by Crippen LogP contribution is -2.28. The summed E-state index contributed by atoms with van der Waals surface area (Å²) in [5.74, 6) is 1.80. The molecule has 0 fully saturated rings. The smallest absolute Gasteiger partial charge is 0.163 e. The minimum absolute atomic E-state index is 0.177. The fraction of sp³-hybridized carbons (Fsp3) is 0.0571. The van der Waals surface area contributed by atoms with Crippen LogP contribution in [0.2, 0.25) is 0 Å². The summed E-state index contributed by atoms with van der Waals surface area (Å²) in [4.78, 5) is 27.7. The van der Waals surface area contributed by atoms with Gasteiger partial charge in [-0.05, 0) is 169 Å². The number of benzene rings is 5. The van der Waals surface area contributed by atoms with Gasteiger partial charge in [0.15, 0.2) is 11.6 Å². The fourth-order valence-corrected chi connectivity index (χ4v) is 13.9. The van der Waals surface area contributed by atoms with Gasteiger partial charge in [0.25, 0.3) is 0 Å².